The normalized spacial score (nSPS) is 11.1. The topological polar surface area (TPSA) is 76.9 Å². The van der Waals surface area contributed by atoms with Gasteiger partial charge in [0.15, 0.2) is 5.82 Å². The molecule has 0 saturated carbocycles. The zero-order valence-electron chi connectivity index (χ0n) is 15.4. The van der Waals surface area contributed by atoms with Crippen molar-refractivity contribution in [1.82, 2.24) is 19.7 Å². The number of anilines is 3. The Bertz CT molecular complexity index is 911. The van der Waals surface area contributed by atoms with Gasteiger partial charge in [-0.1, -0.05) is 29.8 Å². The zero-order chi connectivity index (χ0) is 19.4. The molecule has 0 amide bonds. The average molecular weight is 385 g/mol. The Morgan fingerprint density at radius 2 is 2.04 bits per heavy atom. The zero-order valence-corrected chi connectivity index (χ0v) is 16.2. The molecular formula is C19H21ClN6O. The van der Waals surface area contributed by atoms with Gasteiger partial charge in [0.2, 0.25) is 5.95 Å². The molecule has 3 rings (SSSR count). The number of aromatic nitrogens is 4. The summed E-state index contributed by atoms with van der Waals surface area (Å²) < 4.78 is 7.22. The van der Waals surface area contributed by atoms with E-state index in [1.54, 1.807) is 13.3 Å². The molecule has 1 aromatic carbocycles. The Hall–Kier alpha value is -2.80. The summed E-state index contributed by atoms with van der Waals surface area (Å²) in [5, 5.41) is 10.9. The monoisotopic (exact) mass is 384 g/mol. The molecule has 0 fully saturated rings. The highest BCUT2D eigenvalue weighted by Gasteiger charge is 2.15. The lowest BCUT2D eigenvalue weighted by atomic mass is 10.1. The van der Waals surface area contributed by atoms with Crippen molar-refractivity contribution >= 4 is 29.1 Å². The highest BCUT2D eigenvalue weighted by molar-refractivity contribution is 6.32. The maximum atomic E-state index is 6.25. The van der Waals surface area contributed by atoms with Crippen LogP contribution in [-0.2, 0) is 0 Å². The van der Waals surface area contributed by atoms with E-state index in [9.17, 15) is 0 Å². The lowest BCUT2D eigenvalue weighted by Crippen LogP contribution is -2.12. The number of ether oxygens (including phenoxy) is 1. The second kappa shape index (κ2) is 8.26. The van der Waals surface area contributed by atoms with Crippen LogP contribution in [0.15, 0.2) is 42.9 Å². The fraction of sp³-hybridized carbons (Fsp3) is 0.211. The van der Waals surface area contributed by atoms with E-state index in [0.717, 1.165) is 11.3 Å². The summed E-state index contributed by atoms with van der Waals surface area (Å²) in [4.78, 5) is 8.66. The van der Waals surface area contributed by atoms with Gasteiger partial charge < -0.3 is 15.4 Å². The van der Waals surface area contributed by atoms with Gasteiger partial charge in [0.25, 0.3) is 0 Å². The van der Waals surface area contributed by atoms with Gasteiger partial charge in [0, 0.05) is 17.8 Å². The molecule has 8 heteroatoms. The van der Waals surface area contributed by atoms with E-state index in [2.05, 4.69) is 46.5 Å². The van der Waals surface area contributed by atoms with Gasteiger partial charge in [-0.2, -0.15) is 10.1 Å². The molecule has 140 valence electrons. The number of hydrogen-bond donors (Lipinski definition) is 2. The smallest absolute Gasteiger partial charge is 0.229 e. The number of hydrogen-bond acceptors (Lipinski definition) is 6. The summed E-state index contributed by atoms with van der Waals surface area (Å²) in [6.07, 6.45) is 5.14. The first-order valence-corrected chi connectivity index (χ1v) is 8.78. The molecule has 0 saturated heterocycles. The Balaban J connectivity index is 1.78. The summed E-state index contributed by atoms with van der Waals surface area (Å²) in [5.41, 5.74) is 1.61. The predicted octanol–water partition coefficient (Wildman–Crippen LogP) is 4.49. The fourth-order valence-corrected chi connectivity index (χ4v) is 2.57. The van der Waals surface area contributed by atoms with Crippen LogP contribution in [-0.4, -0.2) is 26.9 Å². The van der Waals surface area contributed by atoms with Gasteiger partial charge in [0.05, 0.1) is 31.2 Å². The van der Waals surface area contributed by atoms with E-state index >= 15 is 0 Å². The minimum Gasteiger partial charge on any atom is -0.496 e. The van der Waals surface area contributed by atoms with Crippen molar-refractivity contribution in [3.05, 3.63) is 66.4 Å². The molecule has 0 atom stereocenters. The fourth-order valence-electron chi connectivity index (χ4n) is 2.43. The van der Waals surface area contributed by atoms with Gasteiger partial charge in [-0.25, -0.2) is 4.98 Å². The standard InChI is InChI=1S/C19H21ClN6O/c1-12(2)26-11-14(9-22-26)24-19-21-10-16(20)18(25-19)23-13(3)15-7-5-6-8-17(15)27-4/h5-12H,3H2,1-2,4H3,(H2,21,23,24,25). The second-order valence-electron chi connectivity index (χ2n) is 6.12. The lowest BCUT2D eigenvalue weighted by molar-refractivity contribution is 0.411. The van der Waals surface area contributed by atoms with Crippen LogP contribution in [0.25, 0.3) is 0 Å². The summed E-state index contributed by atoms with van der Waals surface area (Å²) in [6.45, 7) is 8.18. The van der Waals surface area contributed by atoms with Gasteiger partial charge in [-0.05, 0) is 26.8 Å². The molecule has 0 aliphatic heterocycles. The highest BCUT2D eigenvalue weighted by Crippen LogP contribution is 2.29. The maximum Gasteiger partial charge on any atom is 0.229 e. The average Bonchev–Trinajstić information content (AvgIpc) is 3.13. The molecule has 3 aromatic rings. The molecule has 0 unspecified atom stereocenters. The van der Waals surface area contributed by atoms with Crippen molar-refractivity contribution in [3.8, 4) is 5.75 Å². The SMILES string of the molecule is [CH2][C](Nc1nc(Nc2cnn(C(C)C)c2)ncc1Cl)c1ccccc1OC. The molecular weight excluding hydrogens is 364 g/mol. The van der Waals surface area contributed by atoms with Gasteiger partial charge in [0.1, 0.15) is 10.8 Å². The highest BCUT2D eigenvalue weighted by atomic mass is 35.5. The van der Waals surface area contributed by atoms with Crippen LogP contribution in [0, 0.1) is 13.0 Å². The second-order valence-corrected chi connectivity index (χ2v) is 6.53. The van der Waals surface area contributed by atoms with Crippen molar-refractivity contribution in [3.63, 3.8) is 0 Å². The number of nitrogens with zero attached hydrogens (tertiary/aromatic N) is 4. The van der Waals surface area contributed by atoms with Gasteiger partial charge >= 0.3 is 0 Å². The Labute approximate surface area is 163 Å². The van der Waals surface area contributed by atoms with E-state index in [0.29, 0.717) is 28.6 Å². The van der Waals surface area contributed by atoms with Crippen LogP contribution in [0.4, 0.5) is 17.5 Å². The molecule has 2 radical (unpaired) electrons. The van der Waals surface area contributed by atoms with Crippen molar-refractivity contribution in [1.29, 1.82) is 0 Å². The van der Waals surface area contributed by atoms with Gasteiger partial charge in [-0.3, -0.25) is 4.68 Å². The van der Waals surface area contributed by atoms with E-state index in [-0.39, 0.29) is 6.04 Å². The summed E-state index contributed by atoms with van der Waals surface area (Å²) in [5.74, 6) is 1.55. The Kier molecular flexibility index (Phi) is 5.81. The van der Waals surface area contributed by atoms with Crippen LogP contribution in [0.3, 0.4) is 0 Å². The molecule has 0 bridgehead atoms. The van der Waals surface area contributed by atoms with Crippen LogP contribution in [0.1, 0.15) is 25.5 Å². The third-order valence-electron chi connectivity index (χ3n) is 3.83. The third kappa shape index (κ3) is 4.49. The largest absolute Gasteiger partial charge is 0.496 e. The van der Waals surface area contributed by atoms with E-state index < -0.39 is 0 Å². The first kappa shape index (κ1) is 19.0. The molecule has 2 heterocycles. The summed E-state index contributed by atoms with van der Waals surface area (Å²) in [6, 6.07) is 8.46. The molecule has 2 aromatic heterocycles. The van der Waals surface area contributed by atoms with Gasteiger partial charge in [-0.15, -0.1) is 0 Å². The number of nitrogens with one attached hydrogen (secondary N) is 2. The molecule has 7 nitrogen and oxygen atoms in total. The van der Waals surface area contributed by atoms with Crippen LogP contribution >= 0.6 is 11.6 Å². The number of rotatable bonds is 7. The molecule has 2 N–H and O–H groups in total. The minimum atomic E-state index is 0.271. The minimum absolute atomic E-state index is 0.271. The Morgan fingerprint density at radius 3 is 2.74 bits per heavy atom. The van der Waals surface area contributed by atoms with Crippen LogP contribution < -0.4 is 15.4 Å². The van der Waals surface area contributed by atoms with Crippen molar-refractivity contribution < 1.29 is 4.74 Å². The summed E-state index contributed by atoms with van der Waals surface area (Å²) >= 11 is 6.25. The quantitative estimate of drug-likeness (QED) is 0.625. The van der Waals surface area contributed by atoms with E-state index in [1.807, 2.05) is 35.1 Å². The maximum absolute atomic E-state index is 6.25. The number of methoxy groups -OCH3 is 1. The first-order chi connectivity index (χ1) is 13.0. The Morgan fingerprint density at radius 1 is 1.26 bits per heavy atom. The molecule has 0 aliphatic rings. The molecule has 0 aliphatic carbocycles. The van der Waals surface area contributed by atoms with Crippen LogP contribution in [0.5, 0.6) is 5.75 Å². The number of benzene rings is 1. The predicted molar refractivity (Wildman–Crippen MR) is 107 cm³/mol. The van der Waals surface area contributed by atoms with Crippen molar-refractivity contribution in [2.24, 2.45) is 0 Å². The number of halogens is 1. The van der Waals surface area contributed by atoms with Crippen LogP contribution in [0.2, 0.25) is 5.02 Å². The van der Waals surface area contributed by atoms with Crippen molar-refractivity contribution in [2.75, 3.05) is 17.7 Å². The molecule has 0 spiro atoms. The number of para-hydroxylation sites is 1. The van der Waals surface area contributed by atoms with E-state index in [1.165, 1.54) is 6.20 Å². The lowest BCUT2D eigenvalue weighted by Gasteiger charge is -2.17. The first-order valence-electron chi connectivity index (χ1n) is 8.41. The van der Waals surface area contributed by atoms with E-state index in [4.69, 9.17) is 16.3 Å². The molecule has 27 heavy (non-hydrogen) atoms. The summed E-state index contributed by atoms with van der Waals surface area (Å²) in [7, 11) is 1.61. The third-order valence-corrected chi connectivity index (χ3v) is 4.11. The van der Waals surface area contributed by atoms with Crippen molar-refractivity contribution in [2.45, 2.75) is 19.9 Å².